The molecule has 0 bridgehead atoms. The Hall–Kier alpha value is -2.44. The van der Waals surface area contributed by atoms with E-state index < -0.39 is 22.8 Å². The Morgan fingerprint density at radius 1 is 1.45 bits per heavy atom. The van der Waals surface area contributed by atoms with Gasteiger partial charge in [0, 0.05) is 11.6 Å². The van der Waals surface area contributed by atoms with Gasteiger partial charge < -0.3 is 10.1 Å². The van der Waals surface area contributed by atoms with Crippen molar-refractivity contribution < 1.29 is 19.2 Å². The van der Waals surface area contributed by atoms with Gasteiger partial charge in [-0.2, -0.15) is 0 Å². The Bertz CT molecular complexity index is 542. The Kier molecular flexibility index (Phi) is 5.19. The monoisotopic (exact) mass is 280 g/mol. The molecule has 7 heteroatoms. The van der Waals surface area contributed by atoms with Crippen LogP contribution >= 0.6 is 0 Å². The highest BCUT2D eigenvalue weighted by Gasteiger charge is 2.23. The van der Waals surface area contributed by atoms with Crippen molar-refractivity contribution in [2.24, 2.45) is 0 Å². The second-order valence-corrected chi connectivity index (χ2v) is 4.38. The van der Waals surface area contributed by atoms with Crippen LogP contribution < -0.4 is 5.32 Å². The highest BCUT2D eigenvalue weighted by atomic mass is 16.6. The van der Waals surface area contributed by atoms with Crippen LogP contribution in [0.15, 0.2) is 18.2 Å². The smallest absolute Gasteiger partial charge is 0.307 e. The van der Waals surface area contributed by atoms with E-state index in [2.05, 4.69) is 10.1 Å². The van der Waals surface area contributed by atoms with Crippen LogP contribution in [-0.2, 0) is 9.53 Å². The molecule has 1 aromatic carbocycles. The number of hydrogen-bond donors (Lipinski definition) is 1. The van der Waals surface area contributed by atoms with E-state index >= 15 is 0 Å². The molecular formula is C13H16N2O5. The van der Waals surface area contributed by atoms with Gasteiger partial charge in [0.1, 0.15) is 5.56 Å². The molecule has 0 aliphatic carbocycles. The summed E-state index contributed by atoms with van der Waals surface area (Å²) in [5, 5.41) is 13.5. The van der Waals surface area contributed by atoms with Gasteiger partial charge in [0.25, 0.3) is 11.6 Å². The minimum absolute atomic E-state index is 0.00184. The Morgan fingerprint density at radius 3 is 2.65 bits per heavy atom. The fourth-order valence-electron chi connectivity index (χ4n) is 1.77. The molecule has 0 saturated heterocycles. The topological polar surface area (TPSA) is 98.5 Å². The van der Waals surface area contributed by atoms with E-state index in [9.17, 15) is 19.7 Å². The molecule has 0 saturated carbocycles. The van der Waals surface area contributed by atoms with E-state index in [1.165, 1.54) is 13.2 Å². The molecule has 0 spiro atoms. The molecule has 108 valence electrons. The molecule has 1 atom stereocenters. The van der Waals surface area contributed by atoms with Crippen LogP contribution in [0.1, 0.15) is 29.3 Å². The van der Waals surface area contributed by atoms with Gasteiger partial charge in [0.05, 0.1) is 18.5 Å². The van der Waals surface area contributed by atoms with Crippen LogP contribution in [0.2, 0.25) is 0 Å². The highest BCUT2D eigenvalue weighted by molar-refractivity contribution is 5.99. The number of nitrogens with one attached hydrogen (secondary N) is 1. The van der Waals surface area contributed by atoms with Crippen LogP contribution in [0.5, 0.6) is 0 Å². The summed E-state index contributed by atoms with van der Waals surface area (Å²) in [5.41, 5.74) is 0.158. The highest BCUT2D eigenvalue weighted by Crippen LogP contribution is 2.23. The average Bonchev–Trinajstić information content (AvgIpc) is 2.37. The zero-order chi connectivity index (χ0) is 15.3. The van der Waals surface area contributed by atoms with Gasteiger partial charge in [0.15, 0.2) is 0 Å². The number of para-hydroxylation sites is 1. The molecule has 1 N–H and O–H groups in total. The molecular weight excluding hydrogens is 264 g/mol. The fraction of sp³-hybridized carbons (Fsp3) is 0.385. The number of carbonyl (C=O) groups excluding carboxylic acids is 2. The molecule has 20 heavy (non-hydrogen) atoms. The third-order valence-electron chi connectivity index (χ3n) is 2.74. The van der Waals surface area contributed by atoms with Crippen molar-refractivity contribution in [3.05, 3.63) is 39.4 Å². The van der Waals surface area contributed by atoms with Crippen molar-refractivity contribution in [1.29, 1.82) is 0 Å². The molecule has 1 rings (SSSR count). The first kappa shape index (κ1) is 15.6. The first-order chi connectivity index (χ1) is 9.36. The van der Waals surface area contributed by atoms with Gasteiger partial charge in [0.2, 0.25) is 0 Å². The number of carbonyl (C=O) groups is 2. The number of esters is 1. The standard InChI is InChI=1S/C13H16N2O5/c1-8-5-4-6-10(12(8)15(18)19)13(17)14-9(2)7-11(16)20-3/h4-6,9H,7H2,1-3H3,(H,14,17). The molecule has 7 nitrogen and oxygen atoms in total. The van der Waals surface area contributed by atoms with E-state index in [1.54, 1.807) is 26.0 Å². The van der Waals surface area contributed by atoms with Gasteiger partial charge in [-0.15, -0.1) is 0 Å². The summed E-state index contributed by atoms with van der Waals surface area (Å²) in [7, 11) is 1.25. The van der Waals surface area contributed by atoms with Crippen molar-refractivity contribution in [2.45, 2.75) is 26.3 Å². The normalized spacial score (nSPS) is 11.6. The molecule has 0 aromatic heterocycles. The maximum absolute atomic E-state index is 12.0. The number of nitrogens with zero attached hydrogens (tertiary/aromatic N) is 1. The summed E-state index contributed by atoms with van der Waals surface area (Å²) in [6.45, 7) is 3.18. The van der Waals surface area contributed by atoms with E-state index in [-0.39, 0.29) is 17.7 Å². The zero-order valence-electron chi connectivity index (χ0n) is 11.5. The third-order valence-corrected chi connectivity index (χ3v) is 2.74. The zero-order valence-corrected chi connectivity index (χ0v) is 11.5. The molecule has 1 unspecified atom stereocenters. The van der Waals surface area contributed by atoms with Crippen LogP contribution in [0.25, 0.3) is 0 Å². The molecule has 0 aliphatic rings. The molecule has 1 amide bonds. The lowest BCUT2D eigenvalue weighted by atomic mass is 10.1. The summed E-state index contributed by atoms with van der Waals surface area (Å²) >= 11 is 0. The second kappa shape index (κ2) is 6.65. The number of amides is 1. The summed E-state index contributed by atoms with van der Waals surface area (Å²) in [6, 6.07) is 4.04. The molecule has 0 aliphatic heterocycles. The maximum atomic E-state index is 12.0. The van der Waals surface area contributed by atoms with Crippen LogP contribution in [0.3, 0.4) is 0 Å². The lowest BCUT2D eigenvalue weighted by Gasteiger charge is -2.13. The van der Waals surface area contributed by atoms with Crippen molar-refractivity contribution in [3.63, 3.8) is 0 Å². The van der Waals surface area contributed by atoms with Crippen molar-refractivity contribution >= 4 is 17.6 Å². The van der Waals surface area contributed by atoms with Gasteiger partial charge in [-0.1, -0.05) is 12.1 Å². The SMILES string of the molecule is COC(=O)CC(C)NC(=O)c1cccc(C)c1[N+](=O)[O-]. The lowest BCUT2D eigenvalue weighted by Crippen LogP contribution is -2.34. The largest absolute Gasteiger partial charge is 0.469 e. The lowest BCUT2D eigenvalue weighted by molar-refractivity contribution is -0.385. The number of rotatable bonds is 5. The van der Waals surface area contributed by atoms with E-state index in [0.29, 0.717) is 5.56 Å². The van der Waals surface area contributed by atoms with E-state index in [1.807, 2.05) is 0 Å². The summed E-state index contributed by atoms with van der Waals surface area (Å²) in [5.74, 6) is -1.05. The van der Waals surface area contributed by atoms with Crippen LogP contribution in [0, 0.1) is 17.0 Å². The van der Waals surface area contributed by atoms with Gasteiger partial charge >= 0.3 is 5.97 Å². The Labute approximate surface area is 116 Å². The van der Waals surface area contributed by atoms with Gasteiger partial charge in [-0.25, -0.2) is 0 Å². The number of nitro groups is 1. The maximum Gasteiger partial charge on any atom is 0.307 e. The van der Waals surface area contributed by atoms with E-state index in [4.69, 9.17) is 0 Å². The predicted molar refractivity (Wildman–Crippen MR) is 71.4 cm³/mol. The molecule has 0 radical (unpaired) electrons. The van der Waals surface area contributed by atoms with Gasteiger partial charge in [-0.05, 0) is 19.9 Å². The van der Waals surface area contributed by atoms with Crippen LogP contribution in [0.4, 0.5) is 5.69 Å². The second-order valence-electron chi connectivity index (χ2n) is 4.38. The van der Waals surface area contributed by atoms with Crippen molar-refractivity contribution in [2.75, 3.05) is 7.11 Å². The minimum atomic E-state index is -0.588. The Morgan fingerprint density at radius 2 is 2.10 bits per heavy atom. The summed E-state index contributed by atoms with van der Waals surface area (Å²) < 4.78 is 4.49. The average molecular weight is 280 g/mol. The van der Waals surface area contributed by atoms with Gasteiger partial charge in [-0.3, -0.25) is 19.7 Å². The summed E-state index contributed by atoms with van der Waals surface area (Å²) in [6.07, 6.45) is 0.00184. The first-order valence-electron chi connectivity index (χ1n) is 5.98. The van der Waals surface area contributed by atoms with Crippen molar-refractivity contribution in [1.82, 2.24) is 5.32 Å². The Balaban J connectivity index is 2.91. The number of methoxy groups -OCH3 is 1. The molecule has 0 heterocycles. The molecule has 0 fully saturated rings. The number of ether oxygens (including phenoxy) is 1. The van der Waals surface area contributed by atoms with Crippen LogP contribution in [-0.4, -0.2) is 30.0 Å². The fourth-order valence-corrected chi connectivity index (χ4v) is 1.77. The number of nitro benzene ring substituents is 1. The van der Waals surface area contributed by atoms with E-state index in [0.717, 1.165) is 0 Å². The quantitative estimate of drug-likeness (QED) is 0.501. The number of benzene rings is 1. The number of hydrogen-bond acceptors (Lipinski definition) is 5. The third kappa shape index (κ3) is 3.78. The first-order valence-corrected chi connectivity index (χ1v) is 5.98. The predicted octanol–water partition coefficient (Wildman–Crippen LogP) is 1.58. The van der Waals surface area contributed by atoms with Crippen molar-refractivity contribution in [3.8, 4) is 0 Å². The molecule has 1 aromatic rings. The minimum Gasteiger partial charge on any atom is -0.469 e. The summed E-state index contributed by atoms with van der Waals surface area (Å²) in [4.78, 5) is 33.5. The number of aryl methyl sites for hydroxylation is 1.